The number of hydrogen-bond donors (Lipinski definition) is 0. The van der Waals surface area contributed by atoms with Gasteiger partial charge in [-0.05, 0) is 44.9 Å². The molecule has 0 aliphatic heterocycles. The Morgan fingerprint density at radius 2 is 0.471 bits per heavy atom. The minimum Gasteiger partial charge on any atom is -0.462 e. The molecule has 0 rings (SSSR count). The predicted octanol–water partition coefficient (Wildman–Crippen LogP) is 21.3. The SMILES string of the molecule is CCCCCCCCCC/C=C\CCCCCCCCCCCC(=O)OCC(COC(=O)CCCCCCCCCCCCCCCC)OC(=O)CCCCCCCCCCCCCCCCCCC. The van der Waals surface area contributed by atoms with E-state index in [1.165, 1.54) is 263 Å². The van der Waals surface area contributed by atoms with Crippen LogP contribution in [0.5, 0.6) is 0 Å². The van der Waals surface area contributed by atoms with Crippen LogP contribution in [0.25, 0.3) is 0 Å². The molecule has 1 unspecified atom stereocenters. The molecule has 0 radical (unpaired) electrons. The van der Waals surface area contributed by atoms with E-state index in [0.29, 0.717) is 19.3 Å². The van der Waals surface area contributed by atoms with Gasteiger partial charge in [0, 0.05) is 19.3 Å². The van der Waals surface area contributed by atoms with Crippen molar-refractivity contribution >= 4 is 17.9 Å². The maximum atomic E-state index is 12.9. The lowest BCUT2D eigenvalue weighted by Gasteiger charge is -2.18. The van der Waals surface area contributed by atoms with Crippen LogP contribution in [-0.2, 0) is 28.6 Å². The van der Waals surface area contributed by atoms with Crippen LogP contribution in [0, 0.1) is 0 Å². The van der Waals surface area contributed by atoms with Crippen LogP contribution in [-0.4, -0.2) is 37.2 Å². The monoisotopic (exact) mass is 987 g/mol. The molecule has 0 amide bonds. The number of carbonyl (C=O) groups excluding carboxylic acids is 3. The lowest BCUT2D eigenvalue weighted by molar-refractivity contribution is -0.167. The van der Waals surface area contributed by atoms with Gasteiger partial charge in [-0.25, -0.2) is 0 Å². The Kier molecular flexibility index (Phi) is 58.1. The van der Waals surface area contributed by atoms with Gasteiger partial charge in [-0.3, -0.25) is 14.4 Å². The van der Waals surface area contributed by atoms with Gasteiger partial charge in [-0.2, -0.15) is 0 Å². The summed E-state index contributed by atoms with van der Waals surface area (Å²) in [6.07, 6.45) is 69.3. The van der Waals surface area contributed by atoms with Crippen molar-refractivity contribution in [2.24, 2.45) is 0 Å². The molecule has 0 heterocycles. The summed E-state index contributed by atoms with van der Waals surface area (Å²) in [7, 11) is 0. The molecule has 6 heteroatoms. The van der Waals surface area contributed by atoms with Crippen LogP contribution < -0.4 is 0 Å². The number of allylic oxidation sites excluding steroid dienone is 2. The highest BCUT2D eigenvalue weighted by molar-refractivity contribution is 5.71. The third kappa shape index (κ3) is 57.1. The van der Waals surface area contributed by atoms with Gasteiger partial charge < -0.3 is 14.2 Å². The Bertz CT molecular complexity index is 1090. The number of ether oxygens (including phenoxy) is 3. The fourth-order valence-electron chi connectivity index (χ4n) is 9.74. The van der Waals surface area contributed by atoms with Crippen molar-refractivity contribution in [2.75, 3.05) is 13.2 Å². The van der Waals surface area contributed by atoms with Crippen molar-refractivity contribution in [3.63, 3.8) is 0 Å². The quantitative estimate of drug-likeness (QED) is 0.0261. The van der Waals surface area contributed by atoms with Crippen LogP contribution in [0.1, 0.15) is 361 Å². The van der Waals surface area contributed by atoms with E-state index in [2.05, 4.69) is 32.9 Å². The Balaban J connectivity index is 4.28. The van der Waals surface area contributed by atoms with Crippen LogP contribution >= 0.6 is 0 Å². The van der Waals surface area contributed by atoms with Gasteiger partial charge in [-0.15, -0.1) is 0 Å². The molecule has 0 bridgehead atoms. The van der Waals surface area contributed by atoms with Crippen molar-refractivity contribution in [3.05, 3.63) is 12.2 Å². The first kappa shape index (κ1) is 68.2. The predicted molar refractivity (Wildman–Crippen MR) is 303 cm³/mol. The van der Waals surface area contributed by atoms with Gasteiger partial charge in [0.15, 0.2) is 6.10 Å². The van der Waals surface area contributed by atoms with E-state index in [1.54, 1.807) is 0 Å². The summed E-state index contributed by atoms with van der Waals surface area (Å²) in [5, 5.41) is 0. The van der Waals surface area contributed by atoms with E-state index in [9.17, 15) is 14.4 Å². The van der Waals surface area contributed by atoms with Gasteiger partial charge in [0.05, 0.1) is 0 Å². The average Bonchev–Trinajstić information content (AvgIpc) is 3.36. The Morgan fingerprint density at radius 3 is 0.714 bits per heavy atom. The molecule has 0 aliphatic rings. The van der Waals surface area contributed by atoms with Crippen molar-refractivity contribution in [1.29, 1.82) is 0 Å². The van der Waals surface area contributed by atoms with E-state index in [0.717, 1.165) is 57.8 Å². The van der Waals surface area contributed by atoms with Crippen LogP contribution in [0.3, 0.4) is 0 Å². The Hall–Kier alpha value is -1.85. The minimum absolute atomic E-state index is 0.0639. The first-order valence-corrected chi connectivity index (χ1v) is 31.7. The molecule has 1 atom stereocenters. The minimum atomic E-state index is -0.765. The highest BCUT2D eigenvalue weighted by atomic mass is 16.6. The summed E-state index contributed by atoms with van der Waals surface area (Å²) in [5.41, 5.74) is 0. The number of carbonyl (C=O) groups is 3. The molecular weight excluding hydrogens is 865 g/mol. The number of unbranched alkanes of at least 4 members (excludes halogenated alkanes) is 46. The fourth-order valence-corrected chi connectivity index (χ4v) is 9.74. The molecule has 0 fully saturated rings. The standard InChI is InChI=1S/C64H122O6/c1-4-7-10-13-16-19-22-25-28-30-31-32-33-35-36-39-42-45-48-51-54-57-63(66)69-60-61(59-68-62(65)56-53-50-47-44-41-38-27-24-21-18-15-12-9-6-3)70-64(67)58-55-52-49-46-43-40-37-34-29-26-23-20-17-14-11-8-5-2/h30-31,61H,4-29,32-60H2,1-3H3/b31-30-. The summed E-state index contributed by atoms with van der Waals surface area (Å²) >= 11 is 0. The molecule has 6 nitrogen and oxygen atoms in total. The normalized spacial score (nSPS) is 12.0. The molecule has 0 saturated heterocycles. The molecule has 0 N–H and O–H groups in total. The molecule has 0 saturated carbocycles. The second kappa shape index (κ2) is 59.7. The first-order valence-electron chi connectivity index (χ1n) is 31.7. The fraction of sp³-hybridized carbons (Fsp3) is 0.922. The maximum absolute atomic E-state index is 12.9. The van der Waals surface area contributed by atoms with Crippen molar-refractivity contribution in [1.82, 2.24) is 0 Å². The van der Waals surface area contributed by atoms with Gasteiger partial charge >= 0.3 is 17.9 Å². The Morgan fingerprint density at radius 1 is 0.271 bits per heavy atom. The topological polar surface area (TPSA) is 78.9 Å². The van der Waals surface area contributed by atoms with Crippen LogP contribution in [0.4, 0.5) is 0 Å². The smallest absolute Gasteiger partial charge is 0.306 e. The maximum Gasteiger partial charge on any atom is 0.306 e. The summed E-state index contributed by atoms with van der Waals surface area (Å²) in [6, 6.07) is 0. The van der Waals surface area contributed by atoms with Crippen molar-refractivity contribution in [2.45, 2.75) is 367 Å². The number of rotatable bonds is 59. The van der Waals surface area contributed by atoms with Gasteiger partial charge in [0.1, 0.15) is 13.2 Å². The van der Waals surface area contributed by atoms with E-state index < -0.39 is 6.10 Å². The van der Waals surface area contributed by atoms with E-state index in [4.69, 9.17) is 14.2 Å². The highest BCUT2D eigenvalue weighted by Gasteiger charge is 2.19. The lowest BCUT2D eigenvalue weighted by Crippen LogP contribution is -2.30. The second-order valence-electron chi connectivity index (χ2n) is 21.7. The zero-order valence-corrected chi connectivity index (χ0v) is 47.6. The first-order chi connectivity index (χ1) is 34.5. The van der Waals surface area contributed by atoms with Crippen molar-refractivity contribution in [3.8, 4) is 0 Å². The number of esters is 3. The molecule has 414 valence electrons. The molecule has 0 aromatic rings. The molecule has 0 aromatic heterocycles. The second-order valence-corrected chi connectivity index (χ2v) is 21.7. The lowest BCUT2D eigenvalue weighted by atomic mass is 10.0. The third-order valence-electron chi connectivity index (χ3n) is 14.5. The van der Waals surface area contributed by atoms with E-state index in [1.807, 2.05) is 0 Å². The largest absolute Gasteiger partial charge is 0.462 e. The molecular formula is C64H122O6. The van der Waals surface area contributed by atoms with Crippen LogP contribution in [0.15, 0.2) is 12.2 Å². The van der Waals surface area contributed by atoms with Gasteiger partial charge in [0.25, 0.3) is 0 Å². The molecule has 70 heavy (non-hydrogen) atoms. The summed E-state index contributed by atoms with van der Waals surface area (Å²) in [6.45, 7) is 6.71. The summed E-state index contributed by atoms with van der Waals surface area (Å²) in [4.78, 5) is 38.3. The molecule has 0 spiro atoms. The van der Waals surface area contributed by atoms with E-state index in [-0.39, 0.29) is 31.1 Å². The summed E-state index contributed by atoms with van der Waals surface area (Å²) in [5.74, 6) is -0.836. The Labute approximate surface area is 437 Å². The molecule has 0 aliphatic carbocycles. The van der Waals surface area contributed by atoms with Gasteiger partial charge in [0.2, 0.25) is 0 Å². The van der Waals surface area contributed by atoms with E-state index >= 15 is 0 Å². The third-order valence-corrected chi connectivity index (χ3v) is 14.5. The highest BCUT2D eigenvalue weighted by Crippen LogP contribution is 2.18. The number of hydrogen-bond acceptors (Lipinski definition) is 6. The zero-order valence-electron chi connectivity index (χ0n) is 47.6. The van der Waals surface area contributed by atoms with Crippen molar-refractivity contribution < 1.29 is 28.6 Å². The summed E-state index contributed by atoms with van der Waals surface area (Å²) < 4.78 is 16.9. The van der Waals surface area contributed by atoms with Gasteiger partial charge in [-0.1, -0.05) is 309 Å². The zero-order chi connectivity index (χ0) is 50.7. The molecule has 0 aromatic carbocycles. The average molecular weight is 988 g/mol. The van der Waals surface area contributed by atoms with Crippen LogP contribution in [0.2, 0.25) is 0 Å².